The third-order valence-corrected chi connectivity index (χ3v) is 3.64. The van der Waals surface area contributed by atoms with Crippen LogP contribution in [0.15, 0.2) is 29.1 Å². The van der Waals surface area contributed by atoms with E-state index in [0.29, 0.717) is 16.5 Å². The van der Waals surface area contributed by atoms with Gasteiger partial charge in [0.05, 0.1) is 5.52 Å². The smallest absolute Gasteiger partial charge is 0.251 e. The quantitative estimate of drug-likeness (QED) is 0.844. The van der Waals surface area contributed by atoms with E-state index in [1.165, 1.54) is 6.07 Å². The van der Waals surface area contributed by atoms with Gasteiger partial charge in [-0.15, -0.1) is 12.4 Å². The van der Waals surface area contributed by atoms with Gasteiger partial charge in [0.2, 0.25) is 0 Å². The summed E-state index contributed by atoms with van der Waals surface area (Å²) >= 11 is 0. The van der Waals surface area contributed by atoms with Gasteiger partial charge in [0.1, 0.15) is 5.82 Å². The number of pyridine rings is 1. The van der Waals surface area contributed by atoms with Gasteiger partial charge in [-0.3, -0.25) is 4.79 Å². The Balaban J connectivity index is 0.00000133. The number of rotatable bonds is 1. The number of halogens is 2. The van der Waals surface area contributed by atoms with Gasteiger partial charge in [-0.25, -0.2) is 4.39 Å². The first-order valence-corrected chi connectivity index (χ1v) is 6.28. The second-order valence-electron chi connectivity index (χ2n) is 4.78. The molecular formula is C14H16ClFN2O. The normalized spacial score (nSPS) is 16.3. The topological polar surface area (TPSA) is 44.9 Å². The van der Waals surface area contributed by atoms with Crippen molar-refractivity contribution < 1.29 is 4.39 Å². The average molecular weight is 283 g/mol. The lowest BCUT2D eigenvalue weighted by Gasteiger charge is -2.22. The Labute approximate surface area is 116 Å². The summed E-state index contributed by atoms with van der Waals surface area (Å²) < 4.78 is 13.7. The van der Waals surface area contributed by atoms with Crippen LogP contribution in [-0.2, 0) is 0 Å². The van der Waals surface area contributed by atoms with Crippen molar-refractivity contribution in [1.29, 1.82) is 0 Å². The van der Waals surface area contributed by atoms with Crippen molar-refractivity contribution in [3.63, 3.8) is 0 Å². The molecule has 0 amide bonds. The summed E-state index contributed by atoms with van der Waals surface area (Å²) in [5, 5.41) is 3.77. The zero-order valence-corrected chi connectivity index (χ0v) is 11.2. The lowest BCUT2D eigenvalue weighted by Crippen LogP contribution is -2.29. The number of hydrogen-bond donors (Lipinski definition) is 2. The van der Waals surface area contributed by atoms with E-state index in [-0.39, 0.29) is 29.7 Å². The van der Waals surface area contributed by atoms with E-state index in [1.807, 2.05) is 0 Å². The van der Waals surface area contributed by atoms with E-state index >= 15 is 0 Å². The number of nitrogens with one attached hydrogen (secondary N) is 2. The van der Waals surface area contributed by atoms with Gasteiger partial charge in [-0.05, 0) is 50.0 Å². The molecule has 0 saturated carbocycles. The minimum atomic E-state index is -0.279. The minimum Gasteiger partial charge on any atom is -0.322 e. The molecule has 1 saturated heterocycles. The van der Waals surface area contributed by atoms with Crippen LogP contribution in [0.25, 0.3) is 10.9 Å². The van der Waals surface area contributed by atoms with Crippen molar-refractivity contribution in [2.45, 2.75) is 18.8 Å². The molecule has 0 atom stereocenters. The van der Waals surface area contributed by atoms with E-state index in [2.05, 4.69) is 10.3 Å². The van der Waals surface area contributed by atoms with Crippen molar-refractivity contribution in [3.8, 4) is 0 Å². The van der Waals surface area contributed by atoms with Gasteiger partial charge in [0, 0.05) is 10.9 Å². The lowest BCUT2D eigenvalue weighted by molar-refractivity contribution is 0.458. The molecule has 1 aromatic carbocycles. The van der Waals surface area contributed by atoms with E-state index in [4.69, 9.17) is 0 Å². The standard InChI is InChI=1S/C14H15FN2O.ClH/c15-12-2-1-3-13-11(12)8-10(14(18)17-13)9-4-6-16-7-5-9;/h1-3,8-9,16H,4-7H2,(H,17,18);1H. The minimum absolute atomic E-state index is 0. The number of aromatic nitrogens is 1. The first-order chi connectivity index (χ1) is 8.75. The number of fused-ring (bicyclic) bond motifs is 1. The Kier molecular flexibility index (Phi) is 4.22. The largest absolute Gasteiger partial charge is 0.322 e. The highest BCUT2D eigenvalue weighted by molar-refractivity contribution is 5.85. The Morgan fingerprint density at radius 1 is 1.21 bits per heavy atom. The molecule has 102 valence electrons. The van der Waals surface area contributed by atoms with Crippen molar-refractivity contribution in [1.82, 2.24) is 10.3 Å². The fraction of sp³-hybridized carbons (Fsp3) is 0.357. The number of hydrogen-bond acceptors (Lipinski definition) is 2. The number of benzene rings is 1. The second-order valence-corrected chi connectivity index (χ2v) is 4.78. The molecule has 2 N–H and O–H groups in total. The van der Waals surface area contributed by atoms with Crippen LogP contribution in [0.1, 0.15) is 24.3 Å². The summed E-state index contributed by atoms with van der Waals surface area (Å²) in [7, 11) is 0. The van der Waals surface area contributed by atoms with Gasteiger partial charge < -0.3 is 10.3 Å². The third kappa shape index (κ3) is 2.65. The highest BCUT2D eigenvalue weighted by Crippen LogP contribution is 2.25. The first kappa shape index (κ1) is 14.0. The average Bonchev–Trinajstić information content (AvgIpc) is 2.39. The maximum absolute atomic E-state index is 13.7. The maximum Gasteiger partial charge on any atom is 0.251 e. The van der Waals surface area contributed by atoms with Crippen LogP contribution in [0, 0.1) is 5.82 Å². The summed E-state index contributed by atoms with van der Waals surface area (Å²) in [6, 6.07) is 6.48. The van der Waals surface area contributed by atoms with Gasteiger partial charge in [-0.1, -0.05) is 6.07 Å². The molecule has 2 aromatic rings. The van der Waals surface area contributed by atoms with Gasteiger partial charge in [0.15, 0.2) is 0 Å². The number of aromatic amines is 1. The number of piperidine rings is 1. The van der Waals surface area contributed by atoms with E-state index < -0.39 is 0 Å². The Morgan fingerprint density at radius 3 is 2.68 bits per heavy atom. The summed E-state index contributed by atoms with van der Waals surface area (Å²) in [4.78, 5) is 14.8. The molecular weight excluding hydrogens is 267 g/mol. The van der Waals surface area contributed by atoms with Gasteiger partial charge in [-0.2, -0.15) is 0 Å². The molecule has 3 nitrogen and oxygen atoms in total. The fourth-order valence-corrected chi connectivity index (χ4v) is 2.64. The van der Waals surface area contributed by atoms with Crippen LogP contribution < -0.4 is 10.9 Å². The van der Waals surface area contributed by atoms with Crippen LogP contribution in [-0.4, -0.2) is 18.1 Å². The summed E-state index contributed by atoms with van der Waals surface area (Å²) in [6.07, 6.45) is 1.87. The van der Waals surface area contributed by atoms with Crippen LogP contribution in [0.3, 0.4) is 0 Å². The SMILES string of the molecule is Cl.O=c1[nH]c2cccc(F)c2cc1C1CCNCC1. The molecule has 1 aromatic heterocycles. The molecule has 0 spiro atoms. The predicted octanol–water partition coefficient (Wildman–Crippen LogP) is 2.56. The Morgan fingerprint density at radius 2 is 1.95 bits per heavy atom. The molecule has 1 fully saturated rings. The van der Waals surface area contributed by atoms with E-state index in [9.17, 15) is 9.18 Å². The molecule has 2 heterocycles. The Hall–Kier alpha value is -1.39. The molecule has 5 heteroatoms. The zero-order chi connectivity index (χ0) is 12.5. The summed E-state index contributed by atoms with van der Waals surface area (Å²) in [6.45, 7) is 1.83. The molecule has 19 heavy (non-hydrogen) atoms. The Bertz CT molecular complexity index is 635. The highest BCUT2D eigenvalue weighted by Gasteiger charge is 2.19. The molecule has 0 bridgehead atoms. The third-order valence-electron chi connectivity index (χ3n) is 3.64. The molecule has 1 aliphatic rings. The van der Waals surface area contributed by atoms with Crippen molar-refractivity contribution in [3.05, 3.63) is 46.0 Å². The van der Waals surface area contributed by atoms with E-state index in [0.717, 1.165) is 25.9 Å². The lowest BCUT2D eigenvalue weighted by atomic mass is 9.90. The van der Waals surface area contributed by atoms with Gasteiger partial charge in [0.25, 0.3) is 5.56 Å². The fourth-order valence-electron chi connectivity index (χ4n) is 2.64. The zero-order valence-electron chi connectivity index (χ0n) is 10.4. The maximum atomic E-state index is 13.7. The van der Waals surface area contributed by atoms with Crippen LogP contribution in [0.2, 0.25) is 0 Å². The molecule has 0 aliphatic carbocycles. The molecule has 0 radical (unpaired) electrons. The van der Waals surface area contributed by atoms with Crippen molar-refractivity contribution in [2.24, 2.45) is 0 Å². The monoisotopic (exact) mass is 282 g/mol. The first-order valence-electron chi connectivity index (χ1n) is 6.28. The van der Waals surface area contributed by atoms with Gasteiger partial charge >= 0.3 is 0 Å². The summed E-state index contributed by atoms with van der Waals surface area (Å²) in [5.74, 6) is -0.0436. The van der Waals surface area contributed by atoms with Crippen molar-refractivity contribution in [2.75, 3.05) is 13.1 Å². The van der Waals surface area contributed by atoms with E-state index in [1.54, 1.807) is 18.2 Å². The molecule has 0 unspecified atom stereocenters. The van der Waals surface area contributed by atoms with Crippen molar-refractivity contribution >= 4 is 23.3 Å². The van der Waals surface area contributed by atoms with Crippen LogP contribution in [0.4, 0.5) is 4.39 Å². The molecule has 1 aliphatic heterocycles. The highest BCUT2D eigenvalue weighted by atomic mass is 35.5. The van der Waals surface area contributed by atoms with Crippen LogP contribution >= 0.6 is 12.4 Å². The second kappa shape index (κ2) is 5.72. The van der Waals surface area contributed by atoms with Crippen LogP contribution in [0.5, 0.6) is 0 Å². The number of H-pyrrole nitrogens is 1. The summed E-state index contributed by atoms with van der Waals surface area (Å²) in [5.41, 5.74) is 1.20. The predicted molar refractivity (Wildman–Crippen MR) is 76.6 cm³/mol. The molecule has 3 rings (SSSR count).